The lowest BCUT2D eigenvalue weighted by atomic mass is 10.2. The van der Waals surface area contributed by atoms with Gasteiger partial charge in [-0.15, -0.1) is 10.2 Å². The molecule has 0 fully saturated rings. The van der Waals surface area contributed by atoms with Crippen LogP contribution in [0, 0.1) is 0 Å². The standard InChI is InChI=1S/C18H18ClN3O2S/c1-22-17(11-24-15-8-6-14(19)7-9-15)20-21-18(22)25-12-13-4-3-5-16(10-13)23-2/h3-10H,11-12H2,1-2H3. The third-order valence-electron chi connectivity index (χ3n) is 3.61. The molecule has 0 aliphatic carbocycles. The molecule has 0 N–H and O–H groups in total. The number of aromatic nitrogens is 3. The van der Waals surface area contributed by atoms with Gasteiger partial charge in [0.15, 0.2) is 11.0 Å². The molecule has 1 aromatic heterocycles. The van der Waals surface area contributed by atoms with Crippen molar-refractivity contribution in [3.63, 3.8) is 0 Å². The van der Waals surface area contributed by atoms with Crippen molar-refractivity contribution in [1.29, 1.82) is 0 Å². The summed E-state index contributed by atoms with van der Waals surface area (Å²) in [4.78, 5) is 0. The molecule has 3 rings (SSSR count). The van der Waals surface area contributed by atoms with Crippen LogP contribution in [0.15, 0.2) is 53.7 Å². The Hall–Kier alpha value is -2.18. The van der Waals surface area contributed by atoms with E-state index in [9.17, 15) is 0 Å². The maximum absolute atomic E-state index is 5.87. The van der Waals surface area contributed by atoms with Crippen LogP contribution < -0.4 is 9.47 Å². The van der Waals surface area contributed by atoms with E-state index in [1.165, 1.54) is 5.56 Å². The Balaban J connectivity index is 1.59. The smallest absolute Gasteiger partial charge is 0.191 e. The Morgan fingerprint density at radius 1 is 1.08 bits per heavy atom. The summed E-state index contributed by atoms with van der Waals surface area (Å²) in [5.41, 5.74) is 1.17. The van der Waals surface area contributed by atoms with Crippen LogP contribution in [0.5, 0.6) is 11.5 Å². The molecule has 130 valence electrons. The Bertz CT molecular complexity index is 837. The van der Waals surface area contributed by atoms with Gasteiger partial charge in [-0.3, -0.25) is 0 Å². The summed E-state index contributed by atoms with van der Waals surface area (Å²) < 4.78 is 12.9. The van der Waals surface area contributed by atoms with Gasteiger partial charge in [-0.1, -0.05) is 35.5 Å². The van der Waals surface area contributed by atoms with E-state index in [1.807, 2.05) is 41.9 Å². The first kappa shape index (κ1) is 17.6. The van der Waals surface area contributed by atoms with Crippen molar-refractivity contribution in [3.05, 3.63) is 64.9 Å². The van der Waals surface area contributed by atoms with Gasteiger partial charge < -0.3 is 14.0 Å². The van der Waals surface area contributed by atoms with Gasteiger partial charge in [-0.25, -0.2) is 0 Å². The molecule has 0 saturated carbocycles. The highest BCUT2D eigenvalue weighted by molar-refractivity contribution is 7.98. The number of hydrogen-bond acceptors (Lipinski definition) is 5. The maximum atomic E-state index is 5.87. The van der Waals surface area contributed by atoms with Gasteiger partial charge in [-0.05, 0) is 42.0 Å². The summed E-state index contributed by atoms with van der Waals surface area (Å²) in [5, 5.41) is 9.98. The van der Waals surface area contributed by atoms with Crippen LogP contribution >= 0.6 is 23.4 Å². The van der Waals surface area contributed by atoms with Crippen molar-refractivity contribution in [2.75, 3.05) is 7.11 Å². The first-order valence-electron chi connectivity index (χ1n) is 7.68. The van der Waals surface area contributed by atoms with Gasteiger partial charge in [0, 0.05) is 17.8 Å². The Morgan fingerprint density at radius 3 is 2.64 bits per heavy atom. The zero-order valence-corrected chi connectivity index (χ0v) is 15.5. The molecule has 0 amide bonds. The second-order valence-corrected chi connectivity index (χ2v) is 6.72. The minimum Gasteiger partial charge on any atom is -0.497 e. The molecule has 5 nitrogen and oxygen atoms in total. The Morgan fingerprint density at radius 2 is 1.88 bits per heavy atom. The third-order valence-corrected chi connectivity index (χ3v) is 4.95. The largest absolute Gasteiger partial charge is 0.497 e. The number of benzene rings is 2. The zero-order valence-electron chi connectivity index (χ0n) is 14.0. The van der Waals surface area contributed by atoms with E-state index in [0.717, 1.165) is 28.2 Å². The molecule has 0 saturated heterocycles. The lowest BCUT2D eigenvalue weighted by Crippen LogP contribution is -2.04. The highest BCUT2D eigenvalue weighted by Crippen LogP contribution is 2.24. The molecule has 3 aromatic rings. The summed E-state index contributed by atoms with van der Waals surface area (Å²) in [6.45, 7) is 0.352. The number of thioether (sulfide) groups is 1. The molecule has 0 aliphatic rings. The van der Waals surface area contributed by atoms with Gasteiger partial charge in [0.2, 0.25) is 0 Å². The van der Waals surface area contributed by atoms with E-state index in [0.29, 0.717) is 11.6 Å². The van der Waals surface area contributed by atoms with E-state index >= 15 is 0 Å². The van der Waals surface area contributed by atoms with Crippen LogP contribution in [0.25, 0.3) is 0 Å². The van der Waals surface area contributed by atoms with Crippen LogP contribution in [0.2, 0.25) is 5.02 Å². The summed E-state index contributed by atoms with van der Waals surface area (Å²) in [5.74, 6) is 3.16. The maximum Gasteiger partial charge on any atom is 0.191 e. The fraction of sp³-hybridized carbons (Fsp3) is 0.222. The number of rotatable bonds is 7. The molecule has 25 heavy (non-hydrogen) atoms. The van der Waals surface area contributed by atoms with E-state index < -0.39 is 0 Å². The highest BCUT2D eigenvalue weighted by Gasteiger charge is 2.10. The molecule has 0 atom stereocenters. The monoisotopic (exact) mass is 375 g/mol. The number of hydrogen-bond donors (Lipinski definition) is 0. The highest BCUT2D eigenvalue weighted by atomic mass is 35.5. The molecule has 0 radical (unpaired) electrons. The van der Waals surface area contributed by atoms with Crippen molar-refractivity contribution in [2.24, 2.45) is 7.05 Å². The fourth-order valence-electron chi connectivity index (χ4n) is 2.19. The van der Waals surface area contributed by atoms with Crippen molar-refractivity contribution in [1.82, 2.24) is 14.8 Å². The van der Waals surface area contributed by atoms with Gasteiger partial charge in [0.05, 0.1) is 7.11 Å². The van der Waals surface area contributed by atoms with Gasteiger partial charge in [0.1, 0.15) is 18.1 Å². The Kier molecular flexibility index (Phi) is 5.83. The lowest BCUT2D eigenvalue weighted by molar-refractivity contribution is 0.290. The van der Waals surface area contributed by atoms with Crippen LogP contribution in [0.3, 0.4) is 0 Å². The SMILES string of the molecule is COc1cccc(CSc2nnc(COc3ccc(Cl)cc3)n2C)c1. The summed E-state index contributed by atoms with van der Waals surface area (Å²) in [7, 11) is 3.61. The van der Waals surface area contributed by atoms with Gasteiger partial charge in [0.25, 0.3) is 0 Å². The number of methoxy groups -OCH3 is 1. The fourth-order valence-corrected chi connectivity index (χ4v) is 3.18. The summed E-state index contributed by atoms with van der Waals surface area (Å²) in [6.07, 6.45) is 0. The van der Waals surface area contributed by atoms with E-state index in [2.05, 4.69) is 16.3 Å². The van der Waals surface area contributed by atoms with Crippen LogP contribution in [-0.4, -0.2) is 21.9 Å². The van der Waals surface area contributed by atoms with E-state index in [4.69, 9.17) is 21.1 Å². The first-order valence-corrected chi connectivity index (χ1v) is 9.04. The zero-order chi connectivity index (χ0) is 17.6. The topological polar surface area (TPSA) is 49.2 Å². The number of ether oxygens (including phenoxy) is 2. The molecule has 0 spiro atoms. The third kappa shape index (κ3) is 4.67. The van der Waals surface area contributed by atoms with Crippen LogP contribution in [0.4, 0.5) is 0 Å². The van der Waals surface area contributed by atoms with Crippen molar-refractivity contribution >= 4 is 23.4 Å². The molecule has 0 aliphatic heterocycles. The lowest BCUT2D eigenvalue weighted by Gasteiger charge is -2.07. The quantitative estimate of drug-likeness (QED) is 0.574. The molecule has 1 heterocycles. The molecule has 0 bridgehead atoms. The van der Waals surface area contributed by atoms with E-state index in [-0.39, 0.29) is 0 Å². The van der Waals surface area contributed by atoms with Crippen molar-refractivity contribution in [2.45, 2.75) is 17.5 Å². The minimum atomic E-state index is 0.352. The summed E-state index contributed by atoms with van der Waals surface area (Å²) >= 11 is 7.49. The predicted molar refractivity (Wildman–Crippen MR) is 99.3 cm³/mol. The van der Waals surface area contributed by atoms with Crippen LogP contribution in [0.1, 0.15) is 11.4 Å². The molecule has 7 heteroatoms. The van der Waals surface area contributed by atoms with Crippen LogP contribution in [-0.2, 0) is 19.4 Å². The predicted octanol–water partition coefficient (Wildman–Crippen LogP) is 4.35. The molecular formula is C18H18ClN3O2S. The van der Waals surface area contributed by atoms with E-state index in [1.54, 1.807) is 31.0 Å². The Labute approximate surface area is 155 Å². The molecule has 2 aromatic carbocycles. The molecular weight excluding hydrogens is 358 g/mol. The average Bonchev–Trinajstić information content (AvgIpc) is 2.99. The summed E-state index contributed by atoms with van der Waals surface area (Å²) in [6, 6.07) is 15.3. The molecule has 0 unspecified atom stereocenters. The minimum absolute atomic E-state index is 0.352. The average molecular weight is 376 g/mol. The second-order valence-electron chi connectivity index (χ2n) is 5.34. The van der Waals surface area contributed by atoms with Gasteiger partial charge >= 0.3 is 0 Å². The second kappa shape index (κ2) is 8.27. The number of nitrogens with zero attached hydrogens (tertiary/aromatic N) is 3. The number of halogens is 1. The first-order chi connectivity index (χ1) is 12.2. The van der Waals surface area contributed by atoms with Gasteiger partial charge in [-0.2, -0.15) is 0 Å². The van der Waals surface area contributed by atoms with Crippen molar-refractivity contribution < 1.29 is 9.47 Å². The normalized spacial score (nSPS) is 10.7. The van der Waals surface area contributed by atoms with Crippen molar-refractivity contribution in [3.8, 4) is 11.5 Å².